The van der Waals surface area contributed by atoms with E-state index in [-0.39, 0.29) is 23.6 Å². The molecule has 3 rings (SSSR count). The summed E-state index contributed by atoms with van der Waals surface area (Å²) in [5.74, 6) is -2.21. The molecule has 0 saturated heterocycles. The first-order valence-corrected chi connectivity index (χ1v) is 9.80. The Labute approximate surface area is 187 Å². The van der Waals surface area contributed by atoms with E-state index in [0.717, 1.165) is 17.7 Å². The molecule has 0 bridgehead atoms. The van der Waals surface area contributed by atoms with Crippen molar-refractivity contribution in [1.29, 1.82) is 0 Å². The van der Waals surface area contributed by atoms with Crippen molar-refractivity contribution in [3.8, 4) is 0 Å². The topological polar surface area (TPSA) is 84.5 Å². The molecule has 0 radical (unpaired) electrons. The number of esters is 1. The van der Waals surface area contributed by atoms with Gasteiger partial charge in [-0.3, -0.25) is 9.59 Å². The molecule has 0 aliphatic carbocycles. The zero-order valence-electron chi connectivity index (χ0n) is 17.2. The van der Waals surface area contributed by atoms with E-state index >= 15 is 0 Å². The summed E-state index contributed by atoms with van der Waals surface area (Å²) in [5.41, 5.74) is -0.490. The lowest BCUT2D eigenvalue weighted by atomic mass is 10.1. The molecule has 2 N–H and O–H groups in total. The summed E-state index contributed by atoms with van der Waals surface area (Å²) < 4.78 is 44.1. The Kier molecular flexibility index (Phi) is 7.45. The highest BCUT2D eigenvalue weighted by Crippen LogP contribution is 2.34. The Morgan fingerprint density at radius 3 is 2.00 bits per heavy atom. The van der Waals surface area contributed by atoms with Crippen molar-refractivity contribution in [2.45, 2.75) is 12.6 Å². The van der Waals surface area contributed by atoms with Crippen LogP contribution in [0.15, 0.2) is 78.9 Å². The highest BCUT2D eigenvalue weighted by atomic mass is 19.4. The molecule has 0 unspecified atom stereocenters. The van der Waals surface area contributed by atoms with Gasteiger partial charge in [0.25, 0.3) is 5.91 Å². The number of amides is 2. The van der Waals surface area contributed by atoms with E-state index in [0.29, 0.717) is 0 Å². The number of hydrogen-bond donors (Lipinski definition) is 2. The molecule has 0 atom stereocenters. The van der Waals surface area contributed by atoms with Crippen LogP contribution >= 0.6 is 0 Å². The number of ether oxygens (including phenoxy) is 1. The minimum absolute atomic E-state index is 0.00223. The van der Waals surface area contributed by atoms with Gasteiger partial charge in [-0.05, 0) is 29.8 Å². The Morgan fingerprint density at radius 1 is 0.727 bits per heavy atom. The lowest BCUT2D eigenvalue weighted by Crippen LogP contribution is -2.23. The van der Waals surface area contributed by atoms with Crippen LogP contribution in [0.4, 0.5) is 24.5 Å². The Balaban J connectivity index is 1.61. The maximum absolute atomic E-state index is 13.0. The predicted molar refractivity (Wildman–Crippen MR) is 116 cm³/mol. The number of hydrogen-bond acceptors (Lipinski definition) is 4. The van der Waals surface area contributed by atoms with E-state index < -0.39 is 35.9 Å². The van der Waals surface area contributed by atoms with Crippen molar-refractivity contribution in [2.24, 2.45) is 0 Å². The molecule has 3 aromatic carbocycles. The van der Waals surface area contributed by atoms with Gasteiger partial charge >= 0.3 is 12.1 Å². The molecular formula is C24H19F3N2O4. The molecule has 0 aliphatic heterocycles. The average molecular weight is 456 g/mol. The van der Waals surface area contributed by atoms with E-state index in [9.17, 15) is 27.6 Å². The molecule has 9 heteroatoms. The smallest absolute Gasteiger partial charge is 0.418 e. The molecule has 0 aromatic heterocycles. The molecule has 2 amide bonds. The normalized spacial score (nSPS) is 10.9. The first kappa shape index (κ1) is 23.5. The first-order valence-electron chi connectivity index (χ1n) is 9.80. The van der Waals surface area contributed by atoms with Crippen LogP contribution in [0.2, 0.25) is 0 Å². The monoisotopic (exact) mass is 456 g/mol. The number of para-hydroxylation sites is 2. The second kappa shape index (κ2) is 10.4. The molecular weight excluding hydrogens is 437 g/mol. The maximum atomic E-state index is 13.0. The second-order valence-corrected chi connectivity index (χ2v) is 6.92. The van der Waals surface area contributed by atoms with Crippen molar-refractivity contribution >= 4 is 29.2 Å². The van der Waals surface area contributed by atoms with E-state index in [1.807, 2.05) is 6.07 Å². The zero-order valence-corrected chi connectivity index (χ0v) is 17.2. The molecule has 0 aliphatic rings. The molecule has 0 fully saturated rings. The number of rotatable bonds is 7. The fourth-order valence-corrected chi connectivity index (χ4v) is 2.98. The fraction of sp³-hybridized carbons (Fsp3) is 0.125. The van der Waals surface area contributed by atoms with Crippen molar-refractivity contribution in [3.05, 3.63) is 95.6 Å². The fourth-order valence-electron chi connectivity index (χ4n) is 2.98. The highest BCUT2D eigenvalue weighted by Gasteiger charge is 2.33. The van der Waals surface area contributed by atoms with Gasteiger partial charge < -0.3 is 15.4 Å². The zero-order chi connectivity index (χ0) is 23.8. The van der Waals surface area contributed by atoms with Gasteiger partial charge in [-0.25, -0.2) is 4.79 Å². The lowest BCUT2D eigenvalue weighted by molar-refractivity contribution is -0.137. The van der Waals surface area contributed by atoms with Crippen LogP contribution in [0.25, 0.3) is 0 Å². The molecule has 6 nitrogen and oxygen atoms in total. The number of carbonyl (C=O) groups is 3. The quantitative estimate of drug-likeness (QED) is 0.506. The average Bonchev–Trinajstić information content (AvgIpc) is 2.78. The summed E-state index contributed by atoms with van der Waals surface area (Å²) >= 11 is 0. The number of carbonyl (C=O) groups excluding carboxylic acids is 3. The van der Waals surface area contributed by atoms with Gasteiger partial charge in [0.05, 0.1) is 28.9 Å². The number of nitrogens with one attached hydrogen (secondary N) is 2. The Morgan fingerprint density at radius 2 is 1.30 bits per heavy atom. The third-order valence-corrected chi connectivity index (χ3v) is 4.47. The second-order valence-electron chi connectivity index (χ2n) is 6.92. The van der Waals surface area contributed by atoms with Gasteiger partial charge in [-0.15, -0.1) is 0 Å². The Hall–Kier alpha value is -4.14. The van der Waals surface area contributed by atoms with Gasteiger partial charge in [-0.1, -0.05) is 54.6 Å². The van der Waals surface area contributed by atoms with E-state index in [1.54, 1.807) is 36.4 Å². The molecule has 0 saturated carbocycles. The van der Waals surface area contributed by atoms with E-state index in [2.05, 4.69) is 10.6 Å². The first-order chi connectivity index (χ1) is 15.7. The maximum Gasteiger partial charge on any atom is 0.418 e. The Bertz CT molecular complexity index is 1150. The molecule has 0 spiro atoms. The molecule has 0 heterocycles. The highest BCUT2D eigenvalue weighted by molar-refractivity contribution is 6.02. The summed E-state index contributed by atoms with van der Waals surface area (Å²) in [6, 6.07) is 19.5. The summed E-state index contributed by atoms with van der Waals surface area (Å²) in [4.78, 5) is 36.8. The van der Waals surface area contributed by atoms with Crippen molar-refractivity contribution in [1.82, 2.24) is 0 Å². The number of benzene rings is 3. The van der Waals surface area contributed by atoms with Crippen LogP contribution in [0.3, 0.4) is 0 Å². The summed E-state index contributed by atoms with van der Waals surface area (Å²) in [7, 11) is 0. The van der Waals surface area contributed by atoms with Gasteiger partial charge in [0, 0.05) is 0 Å². The van der Waals surface area contributed by atoms with Crippen LogP contribution in [0, 0.1) is 0 Å². The molecule has 170 valence electrons. The van der Waals surface area contributed by atoms with Gasteiger partial charge in [0.15, 0.2) is 6.61 Å². The number of anilines is 2. The van der Waals surface area contributed by atoms with Gasteiger partial charge in [0.1, 0.15) is 0 Å². The van der Waals surface area contributed by atoms with Crippen molar-refractivity contribution in [3.63, 3.8) is 0 Å². The summed E-state index contributed by atoms with van der Waals surface area (Å²) in [6.45, 7) is -0.808. The molecule has 33 heavy (non-hydrogen) atoms. The third kappa shape index (κ3) is 6.67. The van der Waals surface area contributed by atoms with Crippen molar-refractivity contribution in [2.75, 3.05) is 17.2 Å². The van der Waals surface area contributed by atoms with Crippen LogP contribution in [0.1, 0.15) is 21.5 Å². The third-order valence-electron chi connectivity index (χ3n) is 4.47. The standard InChI is InChI=1S/C24H19F3N2O4/c25-24(26,27)18-11-5-7-13-20(18)29-22(31)15-33-23(32)17-10-4-6-12-19(17)28-21(30)14-16-8-2-1-3-9-16/h1-13H,14-15H2,(H,28,30)(H,29,31). The van der Waals surface area contributed by atoms with Crippen LogP contribution in [-0.4, -0.2) is 24.4 Å². The number of alkyl halides is 3. The minimum Gasteiger partial charge on any atom is -0.452 e. The van der Waals surface area contributed by atoms with Gasteiger partial charge in [-0.2, -0.15) is 13.2 Å². The lowest BCUT2D eigenvalue weighted by Gasteiger charge is -2.14. The van der Waals surface area contributed by atoms with Crippen LogP contribution in [-0.2, 0) is 26.9 Å². The summed E-state index contributed by atoms with van der Waals surface area (Å²) in [5, 5.41) is 4.72. The van der Waals surface area contributed by atoms with Crippen LogP contribution in [0.5, 0.6) is 0 Å². The van der Waals surface area contributed by atoms with Gasteiger partial charge in [0.2, 0.25) is 5.91 Å². The minimum atomic E-state index is -4.66. The largest absolute Gasteiger partial charge is 0.452 e. The van der Waals surface area contributed by atoms with Crippen molar-refractivity contribution < 1.29 is 32.3 Å². The van der Waals surface area contributed by atoms with Crippen LogP contribution < -0.4 is 10.6 Å². The number of halogens is 3. The van der Waals surface area contributed by atoms with E-state index in [1.165, 1.54) is 24.3 Å². The predicted octanol–water partition coefficient (Wildman–Crippen LogP) is 4.68. The molecule has 3 aromatic rings. The summed E-state index contributed by atoms with van der Waals surface area (Å²) in [6.07, 6.45) is -4.57. The van der Waals surface area contributed by atoms with E-state index in [4.69, 9.17) is 4.74 Å². The SMILES string of the molecule is O=C(Cc1ccccc1)Nc1ccccc1C(=O)OCC(=O)Nc1ccccc1C(F)(F)F.